The van der Waals surface area contributed by atoms with Crippen molar-refractivity contribution in [2.45, 2.75) is 29.9 Å². The zero-order valence-electron chi connectivity index (χ0n) is 10.2. The van der Waals surface area contributed by atoms with Crippen LogP contribution in [0.25, 0.3) is 0 Å². The van der Waals surface area contributed by atoms with E-state index in [9.17, 15) is 8.42 Å². The molecule has 0 amide bonds. The molecule has 0 aliphatic carbocycles. The van der Waals surface area contributed by atoms with E-state index in [1.807, 2.05) is 6.92 Å². The van der Waals surface area contributed by atoms with Crippen LogP contribution in [0.15, 0.2) is 29.2 Å². The molecular weight excluding hydrogens is 238 g/mol. The number of ether oxygens (including phenoxy) is 1. The Bertz CT molecular complexity index is 457. The van der Waals surface area contributed by atoms with Crippen LogP contribution in [0.1, 0.15) is 19.8 Å². The topological polar surface area (TPSA) is 69.4 Å². The van der Waals surface area contributed by atoms with Crippen molar-refractivity contribution in [1.82, 2.24) is 0 Å². The van der Waals surface area contributed by atoms with Gasteiger partial charge in [0.15, 0.2) is 9.84 Å². The highest BCUT2D eigenvalue weighted by Crippen LogP contribution is 2.28. The first kappa shape index (κ1) is 14.0. The van der Waals surface area contributed by atoms with E-state index in [1.54, 1.807) is 24.3 Å². The van der Waals surface area contributed by atoms with Gasteiger partial charge in [-0.15, -0.1) is 0 Å². The van der Waals surface area contributed by atoms with Crippen molar-refractivity contribution in [1.29, 1.82) is 0 Å². The monoisotopic (exact) mass is 257 g/mol. The normalized spacial score (nSPS) is 13.4. The average Bonchev–Trinajstić information content (AvgIpc) is 2.35. The third-order valence-corrected chi connectivity index (χ3v) is 5.16. The van der Waals surface area contributed by atoms with Crippen LogP contribution in [0.2, 0.25) is 0 Å². The molecule has 0 heterocycles. The van der Waals surface area contributed by atoms with Crippen molar-refractivity contribution < 1.29 is 13.2 Å². The van der Waals surface area contributed by atoms with Gasteiger partial charge in [0.1, 0.15) is 10.6 Å². The van der Waals surface area contributed by atoms with Gasteiger partial charge >= 0.3 is 0 Å². The van der Waals surface area contributed by atoms with E-state index in [-0.39, 0.29) is 4.90 Å². The molecule has 0 aromatic heterocycles. The van der Waals surface area contributed by atoms with E-state index < -0.39 is 15.1 Å². The summed E-state index contributed by atoms with van der Waals surface area (Å²) < 4.78 is 29.9. The molecule has 0 fully saturated rings. The molecule has 0 aliphatic heterocycles. The van der Waals surface area contributed by atoms with Crippen molar-refractivity contribution in [2.24, 2.45) is 5.73 Å². The third-order valence-electron chi connectivity index (χ3n) is 2.76. The van der Waals surface area contributed by atoms with E-state index in [4.69, 9.17) is 10.5 Å². The minimum absolute atomic E-state index is 0.253. The Morgan fingerprint density at radius 1 is 1.35 bits per heavy atom. The van der Waals surface area contributed by atoms with Crippen molar-refractivity contribution in [2.75, 3.05) is 13.7 Å². The molecule has 0 bridgehead atoms. The van der Waals surface area contributed by atoms with Gasteiger partial charge in [-0.3, -0.25) is 0 Å². The number of benzene rings is 1. The number of nitrogens with two attached hydrogens (primary N) is 1. The van der Waals surface area contributed by atoms with Crippen molar-refractivity contribution in [3.63, 3.8) is 0 Å². The molecule has 5 heteroatoms. The largest absolute Gasteiger partial charge is 0.495 e. The van der Waals surface area contributed by atoms with Crippen molar-refractivity contribution in [3.8, 4) is 5.75 Å². The third kappa shape index (κ3) is 2.98. The molecule has 1 atom stereocenters. The summed E-state index contributed by atoms with van der Waals surface area (Å²) in [6.45, 7) is 2.22. The standard InChI is InChI=1S/C12H19NO3S/c1-3-10(8-9-13)17(14,15)12-7-5-4-6-11(12)16-2/h4-7,10H,3,8-9,13H2,1-2H3. The second-order valence-electron chi connectivity index (χ2n) is 3.80. The molecule has 1 unspecified atom stereocenters. The fourth-order valence-corrected chi connectivity index (χ4v) is 3.74. The first-order valence-corrected chi connectivity index (χ1v) is 7.19. The van der Waals surface area contributed by atoms with E-state index in [0.29, 0.717) is 25.1 Å². The molecular formula is C12H19NO3S. The second-order valence-corrected chi connectivity index (χ2v) is 6.00. The van der Waals surface area contributed by atoms with Gasteiger partial charge in [0.05, 0.1) is 12.4 Å². The van der Waals surface area contributed by atoms with Crippen LogP contribution >= 0.6 is 0 Å². The van der Waals surface area contributed by atoms with Gasteiger partial charge in [-0.25, -0.2) is 8.42 Å². The van der Waals surface area contributed by atoms with Crippen LogP contribution in [0, 0.1) is 0 Å². The van der Waals surface area contributed by atoms with E-state index >= 15 is 0 Å². The molecule has 96 valence electrons. The number of rotatable bonds is 6. The van der Waals surface area contributed by atoms with E-state index in [0.717, 1.165) is 0 Å². The molecule has 4 nitrogen and oxygen atoms in total. The lowest BCUT2D eigenvalue weighted by Gasteiger charge is -2.16. The maximum Gasteiger partial charge on any atom is 0.184 e. The second kappa shape index (κ2) is 6.02. The maximum absolute atomic E-state index is 12.4. The number of hydrogen-bond acceptors (Lipinski definition) is 4. The SMILES string of the molecule is CCC(CCN)S(=O)(=O)c1ccccc1OC. The van der Waals surface area contributed by atoms with Gasteiger partial charge in [-0.1, -0.05) is 19.1 Å². The Kier molecular flexibility index (Phi) is 4.96. The molecule has 2 N–H and O–H groups in total. The number of para-hydroxylation sites is 1. The van der Waals surface area contributed by atoms with Crippen LogP contribution in [0.3, 0.4) is 0 Å². The summed E-state index contributed by atoms with van der Waals surface area (Å²) in [6, 6.07) is 6.68. The highest BCUT2D eigenvalue weighted by atomic mass is 32.2. The molecule has 1 aromatic rings. The Morgan fingerprint density at radius 2 is 2.00 bits per heavy atom. The van der Waals surface area contributed by atoms with Crippen molar-refractivity contribution in [3.05, 3.63) is 24.3 Å². The van der Waals surface area contributed by atoms with Gasteiger partial charge in [-0.05, 0) is 31.5 Å². The quantitative estimate of drug-likeness (QED) is 0.840. The maximum atomic E-state index is 12.4. The molecule has 1 aromatic carbocycles. The summed E-state index contributed by atoms with van der Waals surface area (Å²) in [7, 11) is -1.89. The van der Waals surface area contributed by atoms with Crippen LogP contribution < -0.4 is 10.5 Å². The summed E-state index contributed by atoms with van der Waals surface area (Å²) in [5.74, 6) is 0.392. The molecule has 0 radical (unpaired) electrons. The van der Waals surface area contributed by atoms with E-state index in [1.165, 1.54) is 7.11 Å². The van der Waals surface area contributed by atoms with Gasteiger partial charge in [-0.2, -0.15) is 0 Å². The fraction of sp³-hybridized carbons (Fsp3) is 0.500. The minimum atomic E-state index is -3.36. The first-order chi connectivity index (χ1) is 8.07. The predicted octanol–water partition coefficient (Wildman–Crippen LogP) is 1.60. The molecule has 1 rings (SSSR count). The Morgan fingerprint density at radius 3 is 2.53 bits per heavy atom. The number of methoxy groups -OCH3 is 1. The molecule has 0 aliphatic rings. The Balaban J connectivity index is 3.20. The van der Waals surface area contributed by atoms with E-state index in [2.05, 4.69) is 0 Å². The van der Waals surface area contributed by atoms with Gasteiger partial charge in [0.2, 0.25) is 0 Å². The Hall–Kier alpha value is -1.07. The summed E-state index contributed by atoms with van der Waals surface area (Å²) >= 11 is 0. The highest BCUT2D eigenvalue weighted by molar-refractivity contribution is 7.92. The number of sulfone groups is 1. The van der Waals surface area contributed by atoms with Crippen LogP contribution in [0.5, 0.6) is 5.75 Å². The lowest BCUT2D eigenvalue weighted by atomic mass is 10.2. The zero-order chi connectivity index (χ0) is 12.9. The fourth-order valence-electron chi connectivity index (χ4n) is 1.80. The first-order valence-electron chi connectivity index (χ1n) is 5.64. The van der Waals surface area contributed by atoms with Crippen LogP contribution in [-0.2, 0) is 9.84 Å². The molecule has 0 saturated heterocycles. The average molecular weight is 257 g/mol. The van der Waals surface area contributed by atoms with Gasteiger partial charge in [0, 0.05) is 0 Å². The lowest BCUT2D eigenvalue weighted by molar-refractivity contribution is 0.402. The van der Waals surface area contributed by atoms with Gasteiger partial charge < -0.3 is 10.5 Å². The summed E-state index contributed by atoms with van der Waals surface area (Å²) in [5.41, 5.74) is 5.45. The van der Waals surface area contributed by atoms with Crippen LogP contribution in [0.4, 0.5) is 0 Å². The summed E-state index contributed by atoms with van der Waals surface area (Å²) in [5, 5.41) is -0.441. The molecule has 0 spiro atoms. The molecule has 0 saturated carbocycles. The smallest absolute Gasteiger partial charge is 0.184 e. The molecule has 17 heavy (non-hydrogen) atoms. The van der Waals surface area contributed by atoms with Crippen molar-refractivity contribution >= 4 is 9.84 Å². The lowest BCUT2D eigenvalue weighted by Crippen LogP contribution is -2.24. The predicted molar refractivity (Wildman–Crippen MR) is 67.9 cm³/mol. The van der Waals surface area contributed by atoms with Crippen LogP contribution in [-0.4, -0.2) is 27.3 Å². The summed E-state index contributed by atoms with van der Waals surface area (Å²) in [6.07, 6.45) is 1.02. The zero-order valence-corrected chi connectivity index (χ0v) is 11.0. The highest BCUT2D eigenvalue weighted by Gasteiger charge is 2.27. The minimum Gasteiger partial charge on any atom is -0.495 e. The number of hydrogen-bond donors (Lipinski definition) is 1. The Labute approximate surface area is 103 Å². The van der Waals surface area contributed by atoms with Gasteiger partial charge in [0.25, 0.3) is 0 Å². The summed E-state index contributed by atoms with van der Waals surface area (Å²) in [4.78, 5) is 0.253.